The molecule has 1 aromatic carbocycles. The Bertz CT molecular complexity index is 589. The van der Waals surface area contributed by atoms with Gasteiger partial charge in [-0.05, 0) is 56.8 Å². The van der Waals surface area contributed by atoms with E-state index in [1.807, 2.05) is 6.20 Å². The van der Waals surface area contributed by atoms with E-state index in [4.69, 9.17) is 0 Å². The Morgan fingerprint density at radius 2 is 2.05 bits per heavy atom. The van der Waals surface area contributed by atoms with Crippen molar-refractivity contribution >= 4 is 0 Å². The molecule has 0 amide bonds. The molecule has 0 saturated carbocycles. The number of fused-ring (bicyclic) bond motifs is 1. The standard InChI is InChI=1S/C19H24N2/c1-14-8-10-15(11-9-14)13-18(20-2)17-7-3-5-16-6-4-12-21-19(16)17/h4,6,8-12,17-18,20H,3,5,7,13H2,1-2H3. The highest BCUT2D eigenvalue weighted by Gasteiger charge is 2.28. The molecule has 1 N–H and O–H groups in total. The molecule has 2 unspecified atom stereocenters. The third-order valence-corrected chi connectivity index (χ3v) is 4.67. The fraction of sp³-hybridized carbons (Fsp3) is 0.421. The molecule has 0 aliphatic heterocycles. The summed E-state index contributed by atoms with van der Waals surface area (Å²) in [5.41, 5.74) is 5.49. The lowest BCUT2D eigenvalue weighted by molar-refractivity contribution is 0.403. The summed E-state index contributed by atoms with van der Waals surface area (Å²) >= 11 is 0. The first-order valence-electron chi connectivity index (χ1n) is 7.94. The highest BCUT2D eigenvalue weighted by Crippen LogP contribution is 2.33. The topological polar surface area (TPSA) is 24.9 Å². The number of hydrogen-bond acceptors (Lipinski definition) is 2. The quantitative estimate of drug-likeness (QED) is 0.925. The molecule has 0 radical (unpaired) electrons. The monoisotopic (exact) mass is 280 g/mol. The number of nitrogens with one attached hydrogen (secondary N) is 1. The zero-order valence-electron chi connectivity index (χ0n) is 13.0. The smallest absolute Gasteiger partial charge is 0.0482 e. The van der Waals surface area contributed by atoms with Crippen molar-refractivity contribution < 1.29 is 0 Å². The number of aryl methyl sites for hydroxylation is 2. The van der Waals surface area contributed by atoms with E-state index in [1.165, 1.54) is 41.6 Å². The Kier molecular flexibility index (Phi) is 4.35. The van der Waals surface area contributed by atoms with Crippen molar-refractivity contribution in [1.82, 2.24) is 10.3 Å². The van der Waals surface area contributed by atoms with Gasteiger partial charge in [-0.3, -0.25) is 4.98 Å². The van der Waals surface area contributed by atoms with E-state index in [9.17, 15) is 0 Å². The Hall–Kier alpha value is -1.67. The van der Waals surface area contributed by atoms with Crippen LogP contribution in [0.15, 0.2) is 42.6 Å². The van der Waals surface area contributed by atoms with Crippen LogP contribution >= 0.6 is 0 Å². The second kappa shape index (κ2) is 6.40. The number of pyridine rings is 1. The molecule has 21 heavy (non-hydrogen) atoms. The summed E-state index contributed by atoms with van der Waals surface area (Å²) in [5.74, 6) is 0.529. The SMILES string of the molecule is CNC(Cc1ccc(C)cc1)C1CCCc2cccnc21. The second-order valence-electron chi connectivity index (χ2n) is 6.13. The van der Waals surface area contributed by atoms with Gasteiger partial charge in [0.15, 0.2) is 0 Å². The van der Waals surface area contributed by atoms with E-state index < -0.39 is 0 Å². The van der Waals surface area contributed by atoms with Gasteiger partial charge >= 0.3 is 0 Å². The molecule has 0 spiro atoms. The second-order valence-corrected chi connectivity index (χ2v) is 6.13. The maximum atomic E-state index is 4.69. The van der Waals surface area contributed by atoms with Crippen LogP contribution in [0.5, 0.6) is 0 Å². The highest BCUT2D eigenvalue weighted by molar-refractivity contribution is 5.29. The summed E-state index contributed by atoms with van der Waals surface area (Å²) in [5, 5.41) is 3.54. The predicted molar refractivity (Wildman–Crippen MR) is 87.6 cm³/mol. The number of nitrogens with zero attached hydrogens (tertiary/aromatic N) is 1. The molecule has 2 nitrogen and oxygen atoms in total. The minimum Gasteiger partial charge on any atom is -0.316 e. The normalized spacial score (nSPS) is 19.0. The summed E-state index contributed by atoms with van der Waals surface area (Å²) in [6, 6.07) is 13.7. The van der Waals surface area contributed by atoms with Crippen LogP contribution in [-0.4, -0.2) is 18.1 Å². The Balaban J connectivity index is 1.82. The van der Waals surface area contributed by atoms with Crippen LogP contribution in [0, 0.1) is 6.92 Å². The van der Waals surface area contributed by atoms with Gasteiger partial charge in [-0.2, -0.15) is 0 Å². The summed E-state index contributed by atoms with van der Waals surface area (Å²) in [6.07, 6.45) is 6.70. The van der Waals surface area contributed by atoms with E-state index in [-0.39, 0.29) is 0 Å². The molecule has 3 rings (SSSR count). The number of hydrogen-bond donors (Lipinski definition) is 1. The van der Waals surface area contributed by atoms with Gasteiger partial charge in [-0.25, -0.2) is 0 Å². The van der Waals surface area contributed by atoms with Crippen LogP contribution in [0.2, 0.25) is 0 Å². The Morgan fingerprint density at radius 3 is 2.81 bits per heavy atom. The van der Waals surface area contributed by atoms with Crippen molar-refractivity contribution in [3.8, 4) is 0 Å². The minimum atomic E-state index is 0.460. The average Bonchev–Trinajstić information content (AvgIpc) is 2.54. The molecule has 0 bridgehead atoms. The van der Waals surface area contributed by atoms with Gasteiger partial charge in [0.05, 0.1) is 0 Å². The zero-order valence-corrected chi connectivity index (χ0v) is 13.0. The van der Waals surface area contributed by atoms with Gasteiger partial charge in [0.2, 0.25) is 0 Å². The van der Waals surface area contributed by atoms with Crippen LogP contribution < -0.4 is 5.32 Å². The third-order valence-electron chi connectivity index (χ3n) is 4.67. The molecule has 1 aromatic heterocycles. The highest BCUT2D eigenvalue weighted by atomic mass is 14.9. The minimum absolute atomic E-state index is 0.460. The van der Waals surface area contributed by atoms with Gasteiger partial charge < -0.3 is 5.32 Å². The van der Waals surface area contributed by atoms with E-state index in [0.717, 1.165) is 6.42 Å². The Labute approximate surface area is 127 Å². The molecule has 110 valence electrons. The zero-order chi connectivity index (χ0) is 14.7. The summed E-state index contributed by atoms with van der Waals surface area (Å²) in [6.45, 7) is 2.14. The third kappa shape index (κ3) is 3.16. The van der Waals surface area contributed by atoms with Crippen molar-refractivity contribution in [2.75, 3.05) is 7.05 Å². The maximum absolute atomic E-state index is 4.69. The Morgan fingerprint density at radius 1 is 1.24 bits per heavy atom. The summed E-state index contributed by atoms with van der Waals surface area (Å²) in [4.78, 5) is 4.69. The van der Waals surface area contributed by atoms with Crippen molar-refractivity contribution in [1.29, 1.82) is 0 Å². The van der Waals surface area contributed by atoms with E-state index >= 15 is 0 Å². The fourth-order valence-electron chi connectivity index (χ4n) is 3.46. The lowest BCUT2D eigenvalue weighted by Gasteiger charge is -2.31. The summed E-state index contributed by atoms with van der Waals surface area (Å²) < 4.78 is 0. The largest absolute Gasteiger partial charge is 0.316 e. The molecular weight excluding hydrogens is 256 g/mol. The number of rotatable bonds is 4. The predicted octanol–water partition coefficient (Wildman–Crippen LogP) is 3.64. The van der Waals surface area contributed by atoms with Gasteiger partial charge in [-0.15, -0.1) is 0 Å². The van der Waals surface area contributed by atoms with Gasteiger partial charge in [0.25, 0.3) is 0 Å². The van der Waals surface area contributed by atoms with Crippen molar-refractivity contribution in [3.63, 3.8) is 0 Å². The number of aromatic nitrogens is 1. The first-order chi connectivity index (χ1) is 10.3. The van der Waals surface area contributed by atoms with Crippen LogP contribution in [0.4, 0.5) is 0 Å². The molecule has 0 saturated heterocycles. The molecule has 2 heteroatoms. The van der Waals surface area contributed by atoms with Crippen LogP contribution in [0.1, 0.15) is 41.1 Å². The van der Waals surface area contributed by atoms with Crippen molar-refractivity contribution in [2.45, 2.75) is 44.6 Å². The summed E-state index contributed by atoms with van der Waals surface area (Å²) in [7, 11) is 2.08. The first kappa shape index (κ1) is 14.3. The molecule has 1 heterocycles. The van der Waals surface area contributed by atoms with E-state index in [1.54, 1.807) is 0 Å². The van der Waals surface area contributed by atoms with Crippen molar-refractivity contribution in [3.05, 3.63) is 65.0 Å². The van der Waals surface area contributed by atoms with E-state index in [0.29, 0.717) is 12.0 Å². The average molecular weight is 280 g/mol. The van der Waals surface area contributed by atoms with Gasteiger partial charge in [-0.1, -0.05) is 35.9 Å². The molecule has 1 aliphatic rings. The fourth-order valence-corrected chi connectivity index (χ4v) is 3.46. The van der Waals surface area contributed by atoms with Crippen molar-refractivity contribution in [2.24, 2.45) is 0 Å². The van der Waals surface area contributed by atoms with Crippen LogP contribution in [0.3, 0.4) is 0 Å². The van der Waals surface area contributed by atoms with E-state index in [2.05, 4.69) is 60.7 Å². The molecule has 2 atom stereocenters. The number of likely N-dealkylation sites (N-methyl/N-ethyl adjacent to an activating group) is 1. The van der Waals surface area contributed by atoms with Gasteiger partial charge in [0.1, 0.15) is 0 Å². The maximum Gasteiger partial charge on any atom is 0.0482 e. The first-order valence-corrected chi connectivity index (χ1v) is 7.94. The number of benzene rings is 1. The van der Waals surface area contributed by atoms with Crippen LogP contribution in [0.25, 0.3) is 0 Å². The molecule has 2 aromatic rings. The lowest BCUT2D eigenvalue weighted by atomic mass is 9.80. The molecule has 0 fully saturated rings. The molecular formula is C19H24N2. The van der Waals surface area contributed by atoms with Gasteiger partial charge in [0, 0.05) is 23.9 Å². The molecule has 1 aliphatic carbocycles. The lowest BCUT2D eigenvalue weighted by Crippen LogP contribution is -2.36. The van der Waals surface area contributed by atoms with Crippen LogP contribution in [-0.2, 0) is 12.8 Å².